The summed E-state index contributed by atoms with van der Waals surface area (Å²) in [5, 5.41) is 0.201. The van der Waals surface area contributed by atoms with E-state index in [0.717, 1.165) is 11.3 Å². The minimum atomic E-state index is -3.59. The Kier molecular flexibility index (Phi) is 3.40. The fraction of sp³-hybridized carbons (Fsp3) is 0.375. The van der Waals surface area contributed by atoms with Crippen LogP contribution in [0.1, 0.15) is 16.8 Å². The highest BCUT2D eigenvalue weighted by Crippen LogP contribution is 2.22. The molecule has 0 aromatic carbocycles. The lowest BCUT2D eigenvalue weighted by molar-refractivity contribution is 0.608. The van der Waals surface area contributed by atoms with Crippen molar-refractivity contribution < 1.29 is 8.42 Å². The van der Waals surface area contributed by atoms with Crippen LogP contribution in [-0.4, -0.2) is 13.4 Å². The van der Waals surface area contributed by atoms with Gasteiger partial charge in [0.15, 0.2) is 0 Å². The maximum Gasteiger partial charge on any atom is 0.236 e. The van der Waals surface area contributed by atoms with E-state index in [1.54, 1.807) is 19.9 Å². The Balaban J connectivity index is 3.22. The Labute approximate surface area is 92.5 Å². The minimum absolute atomic E-state index is 0.201. The van der Waals surface area contributed by atoms with Gasteiger partial charge in [-0.15, -0.1) is 0 Å². The number of hydrogen-bond acceptors (Lipinski definition) is 3. The van der Waals surface area contributed by atoms with E-state index in [1.165, 1.54) is 0 Å². The van der Waals surface area contributed by atoms with E-state index in [9.17, 15) is 8.42 Å². The van der Waals surface area contributed by atoms with Crippen molar-refractivity contribution >= 4 is 31.3 Å². The minimum Gasteiger partial charge on any atom is -0.241 e. The molecule has 0 spiro atoms. The Bertz CT molecular complexity index is 433. The van der Waals surface area contributed by atoms with Gasteiger partial charge in [-0.05, 0) is 25.5 Å². The summed E-state index contributed by atoms with van der Waals surface area (Å²) in [6, 6.07) is 1.77. The number of aryl methyl sites for hydroxylation is 2. The first-order chi connectivity index (χ1) is 6.29. The lowest BCUT2D eigenvalue weighted by Crippen LogP contribution is -2.01. The molecule has 0 fully saturated rings. The van der Waals surface area contributed by atoms with Crippen LogP contribution in [0.15, 0.2) is 6.07 Å². The number of pyridine rings is 1. The zero-order chi connectivity index (χ0) is 10.9. The Hall–Kier alpha value is -0.320. The highest BCUT2D eigenvalue weighted by molar-refractivity contribution is 8.13. The quantitative estimate of drug-likeness (QED) is 0.601. The van der Waals surface area contributed by atoms with Gasteiger partial charge in [-0.2, -0.15) is 0 Å². The maximum atomic E-state index is 10.9. The van der Waals surface area contributed by atoms with Crippen molar-refractivity contribution in [1.82, 2.24) is 4.98 Å². The van der Waals surface area contributed by atoms with Crippen LogP contribution in [0.2, 0.25) is 5.15 Å². The fourth-order valence-electron chi connectivity index (χ4n) is 1.16. The number of rotatable bonds is 2. The molecule has 0 N–H and O–H groups in total. The molecule has 1 aromatic heterocycles. The first-order valence-corrected chi connectivity index (χ1v) is 6.70. The molecule has 1 aromatic rings. The summed E-state index contributed by atoms with van der Waals surface area (Å²) in [6.07, 6.45) is 0. The van der Waals surface area contributed by atoms with Crippen molar-refractivity contribution in [2.45, 2.75) is 19.6 Å². The van der Waals surface area contributed by atoms with Crippen LogP contribution in [0.5, 0.6) is 0 Å². The van der Waals surface area contributed by atoms with E-state index in [2.05, 4.69) is 4.98 Å². The summed E-state index contributed by atoms with van der Waals surface area (Å²) in [7, 11) is 1.55. The van der Waals surface area contributed by atoms with Crippen LogP contribution < -0.4 is 0 Å². The topological polar surface area (TPSA) is 47.0 Å². The van der Waals surface area contributed by atoms with Gasteiger partial charge in [-0.1, -0.05) is 11.6 Å². The second kappa shape index (κ2) is 4.04. The van der Waals surface area contributed by atoms with Crippen molar-refractivity contribution in [3.63, 3.8) is 0 Å². The van der Waals surface area contributed by atoms with Crippen LogP contribution in [-0.2, 0) is 14.8 Å². The van der Waals surface area contributed by atoms with Crippen molar-refractivity contribution in [1.29, 1.82) is 0 Å². The molecule has 78 valence electrons. The summed E-state index contributed by atoms with van der Waals surface area (Å²) in [5.41, 5.74) is 2.00. The van der Waals surface area contributed by atoms with Crippen molar-refractivity contribution in [3.8, 4) is 0 Å². The number of hydrogen-bond donors (Lipinski definition) is 0. The number of halogens is 2. The van der Waals surface area contributed by atoms with Gasteiger partial charge in [0.05, 0.1) is 5.75 Å². The molecule has 0 amide bonds. The van der Waals surface area contributed by atoms with Crippen LogP contribution >= 0.6 is 22.3 Å². The van der Waals surface area contributed by atoms with Gasteiger partial charge >= 0.3 is 0 Å². The summed E-state index contributed by atoms with van der Waals surface area (Å²) < 4.78 is 21.7. The fourth-order valence-corrected chi connectivity index (χ4v) is 2.63. The number of nitrogens with zero attached hydrogens (tertiary/aromatic N) is 1. The van der Waals surface area contributed by atoms with Crippen molar-refractivity contribution in [2.24, 2.45) is 0 Å². The molecule has 0 saturated carbocycles. The Morgan fingerprint density at radius 1 is 1.43 bits per heavy atom. The van der Waals surface area contributed by atoms with Crippen molar-refractivity contribution in [3.05, 3.63) is 28.0 Å². The Morgan fingerprint density at radius 3 is 2.43 bits per heavy atom. The summed E-state index contributed by atoms with van der Waals surface area (Å²) in [6.45, 7) is 3.57. The highest BCUT2D eigenvalue weighted by Gasteiger charge is 2.14. The normalized spacial score (nSPS) is 11.7. The zero-order valence-corrected chi connectivity index (χ0v) is 10.0. The molecule has 1 rings (SSSR count). The van der Waals surface area contributed by atoms with E-state index in [1.807, 2.05) is 0 Å². The molecule has 0 bridgehead atoms. The van der Waals surface area contributed by atoms with E-state index in [0.29, 0.717) is 5.56 Å². The molecule has 0 saturated heterocycles. The van der Waals surface area contributed by atoms with Gasteiger partial charge in [0, 0.05) is 21.9 Å². The van der Waals surface area contributed by atoms with Crippen molar-refractivity contribution in [2.75, 3.05) is 0 Å². The lowest BCUT2D eigenvalue weighted by Gasteiger charge is -2.06. The monoisotopic (exact) mass is 253 g/mol. The molecule has 0 unspecified atom stereocenters. The van der Waals surface area contributed by atoms with E-state index >= 15 is 0 Å². The summed E-state index contributed by atoms with van der Waals surface area (Å²) in [4.78, 5) is 3.96. The zero-order valence-electron chi connectivity index (χ0n) is 7.71. The third-order valence-electron chi connectivity index (χ3n) is 1.74. The second-order valence-corrected chi connectivity index (χ2v) is 6.17. The predicted octanol–water partition coefficient (Wildman–Crippen LogP) is 2.42. The number of aromatic nitrogens is 1. The SMILES string of the molecule is Cc1cc(C)c(CS(=O)(=O)Cl)c(Cl)n1. The second-order valence-electron chi connectivity index (χ2n) is 3.03. The molecular weight excluding hydrogens is 245 g/mol. The summed E-state index contributed by atoms with van der Waals surface area (Å²) in [5.74, 6) is -0.285. The Morgan fingerprint density at radius 2 is 2.00 bits per heavy atom. The van der Waals surface area contributed by atoms with Crippen LogP contribution in [0.4, 0.5) is 0 Å². The average Bonchev–Trinajstić information content (AvgIpc) is 1.95. The van der Waals surface area contributed by atoms with Gasteiger partial charge in [-0.25, -0.2) is 13.4 Å². The molecule has 14 heavy (non-hydrogen) atoms. The largest absolute Gasteiger partial charge is 0.241 e. The molecule has 0 aliphatic rings. The van der Waals surface area contributed by atoms with Gasteiger partial charge < -0.3 is 0 Å². The summed E-state index contributed by atoms with van der Waals surface area (Å²) >= 11 is 5.81. The van der Waals surface area contributed by atoms with E-state index < -0.39 is 9.05 Å². The molecule has 1 heterocycles. The van der Waals surface area contributed by atoms with Gasteiger partial charge in [0.1, 0.15) is 5.15 Å². The van der Waals surface area contributed by atoms with Crippen LogP contribution in [0.25, 0.3) is 0 Å². The molecule has 3 nitrogen and oxygen atoms in total. The molecule has 6 heteroatoms. The standard InChI is InChI=1S/C8H9Cl2NO2S/c1-5-3-6(2)11-8(9)7(5)4-14(10,12)13/h3H,4H2,1-2H3. The first-order valence-electron chi connectivity index (χ1n) is 3.84. The van der Waals surface area contributed by atoms with Gasteiger partial charge in [-0.3, -0.25) is 0 Å². The van der Waals surface area contributed by atoms with Crippen LogP contribution in [0.3, 0.4) is 0 Å². The average molecular weight is 254 g/mol. The lowest BCUT2D eigenvalue weighted by atomic mass is 10.1. The van der Waals surface area contributed by atoms with Gasteiger partial charge in [0.25, 0.3) is 0 Å². The third-order valence-corrected chi connectivity index (χ3v) is 3.02. The maximum absolute atomic E-state index is 10.9. The van der Waals surface area contributed by atoms with E-state index in [-0.39, 0.29) is 10.9 Å². The van der Waals surface area contributed by atoms with Gasteiger partial charge in [0.2, 0.25) is 9.05 Å². The predicted molar refractivity (Wildman–Crippen MR) is 57.2 cm³/mol. The van der Waals surface area contributed by atoms with E-state index in [4.69, 9.17) is 22.3 Å². The molecule has 0 radical (unpaired) electrons. The first kappa shape index (κ1) is 11.8. The molecule has 0 atom stereocenters. The molecule has 0 aliphatic carbocycles. The van der Waals surface area contributed by atoms with Crippen LogP contribution in [0, 0.1) is 13.8 Å². The smallest absolute Gasteiger partial charge is 0.236 e. The third kappa shape index (κ3) is 3.12. The molecule has 0 aliphatic heterocycles. The highest BCUT2D eigenvalue weighted by atomic mass is 35.7. The molecular formula is C8H9Cl2NO2S.